The Balaban J connectivity index is 1.64. The zero-order valence-corrected chi connectivity index (χ0v) is 21.2. The van der Waals surface area contributed by atoms with E-state index >= 15 is 0 Å². The molecule has 34 heavy (non-hydrogen) atoms. The molecule has 4 rings (SSSR count). The van der Waals surface area contributed by atoms with E-state index in [4.69, 9.17) is 16.3 Å². The minimum absolute atomic E-state index is 0.237. The van der Waals surface area contributed by atoms with Gasteiger partial charge in [0.1, 0.15) is 5.75 Å². The molecule has 0 saturated carbocycles. The summed E-state index contributed by atoms with van der Waals surface area (Å²) in [5.41, 5.74) is 2.00. The molecule has 0 fully saturated rings. The summed E-state index contributed by atoms with van der Waals surface area (Å²) < 4.78 is 34.0. The summed E-state index contributed by atoms with van der Waals surface area (Å²) in [6, 6.07) is 18.9. The fourth-order valence-electron chi connectivity index (χ4n) is 3.59. The van der Waals surface area contributed by atoms with Crippen molar-refractivity contribution in [1.82, 2.24) is 0 Å². The fraction of sp³-hybridized carbons (Fsp3) is 0.160. The molecule has 0 radical (unpaired) electrons. The van der Waals surface area contributed by atoms with Gasteiger partial charge in [0.15, 0.2) is 0 Å². The molecule has 0 spiro atoms. The van der Waals surface area contributed by atoms with E-state index in [1.54, 1.807) is 67.6 Å². The van der Waals surface area contributed by atoms with Crippen molar-refractivity contribution in [3.8, 4) is 5.75 Å². The van der Waals surface area contributed by atoms with E-state index in [1.807, 2.05) is 13.0 Å². The Hall–Kier alpha value is -3.07. The van der Waals surface area contributed by atoms with Crippen molar-refractivity contribution in [3.05, 3.63) is 82.2 Å². The first-order valence-corrected chi connectivity index (χ1v) is 13.1. The molecule has 1 aromatic heterocycles. The van der Waals surface area contributed by atoms with Gasteiger partial charge >= 0.3 is 0 Å². The van der Waals surface area contributed by atoms with Gasteiger partial charge < -0.3 is 10.1 Å². The highest BCUT2D eigenvalue weighted by Gasteiger charge is 2.24. The van der Waals surface area contributed by atoms with Crippen LogP contribution in [0, 0.1) is 6.92 Å². The maximum atomic E-state index is 13.3. The molecule has 0 saturated heterocycles. The second kappa shape index (κ2) is 9.66. The number of halogens is 1. The molecule has 6 nitrogen and oxygen atoms in total. The van der Waals surface area contributed by atoms with Crippen molar-refractivity contribution in [3.63, 3.8) is 0 Å². The van der Waals surface area contributed by atoms with Gasteiger partial charge in [-0.15, -0.1) is 11.3 Å². The maximum absolute atomic E-state index is 13.3. The Kier molecular flexibility index (Phi) is 6.84. The second-order valence-electron chi connectivity index (χ2n) is 7.61. The third-order valence-corrected chi connectivity index (χ3v) is 8.58. The van der Waals surface area contributed by atoms with Crippen molar-refractivity contribution < 1.29 is 17.9 Å². The molecular formula is C25H23ClN2O4S2. The molecule has 0 aliphatic rings. The van der Waals surface area contributed by atoms with Gasteiger partial charge in [-0.25, -0.2) is 8.42 Å². The predicted molar refractivity (Wildman–Crippen MR) is 139 cm³/mol. The van der Waals surface area contributed by atoms with Crippen LogP contribution in [0.4, 0.5) is 11.4 Å². The van der Waals surface area contributed by atoms with E-state index in [0.29, 0.717) is 27.0 Å². The molecule has 1 amide bonds. The molecule has 3 aromatic carbocycles. The standard InChI is InChI=1S/C25H23ClN2O4S2/c1-4-28(34(30,31)20-9-5-16(2)6-10-20)19-8-12-23-17(13-19)14-24(33-23)25(29)27-21-15-18(26)7-11-22(21)32-3/h5-15H,4H2,1-3H3,(H,27,29). The first kappa shape index (κ1) is 24.1. The third kappa shape index (κ3) is 4.75. The maximum Gasteiger partial charge on any atom is 0.265 e. The number of nitrogens with one attached hydrogen (secondary N) is 1. The minimum atomic E-state index is -3.72. The Morgan fingerprint density at radius 1 is 1.06 bits per heavy atom. The van der Waals surface area contributed by atoms with Crippen molar-refractivity contribution >= 4 is 60.3 Å². The van der Waals surface area contributed by atoms with Crippen LogP contribution < -0.4 is 14.4 Å². The van der Waals surface area contributed by atoms with Gasteiger partial charge in [0.05, 0.1) is 28.3 Å². The summed E-state index contributed by atoms with van der Waals surface area (Å²) in [7, 11) is -2.20. The zero-order valence-electron chi connectivity index (χ0n) is 18.8. The largest absolute Gasteiger partial charge is 0.495 e. The van der Waals surface area contributed by atoms with Gasteiger partial charge in [0, 0.05) is 16.3 Å². The molecule has 9 heteroatoms. The average Bonchev–Trinajstić information content (AvgIpc) is 3.24. The Labute approximate surface area is 207 Å². The molecule has 0 atom stereocenters. The van der Waals surface area contributed by atoms with Gasteiger partial charge in [-0.2, -0.15) is 0 Å². The van der Waals surface area contributed by atoms with Crippen LogP contribution in [-0.2, 0) is 10.0 Å². The summed E-state index contributed by atoms with van der Waals surface area (Å²) in [6.07, 6.45) is 0. The summed E-state index contributed by atoms with van der Waals surface area (Å²) in [6.45, 7) is 3.98. The average molecular weight is 515 g/mol. The van der Waals surface area contributed by atoms with Crippen LogP contribution in [-0.4, -0.2) is 28.0 Å². The van der Waals surface area contributed by atoms with Crippen molar-refractivity contribution in [2.45, 2.75) is 18.7 Å². The van der Waals surface area contributed by atoms with Crippen LogP contribution in [0.15, 0.2) is 71.6 Å². The van der Waals surface area contributed by atoms with Crippen LogP contribution in [0.5, 0.6) is 5.75 Å². The van der Waals surface area contributed by atoms with Gasteiger partial charge in [-0.3, -0.25) is 9.10 Å². The van der Waals surface area contributed by atoms with E-state index in [9.17, 15) is 13.2 Å². The molecule has 0 aliphatic carbocycles. The highest BCUT2D eigenvalue weighted by Crippen LogP contribution is 2.33. The summed E-state index contributed by atoms with van der Waals surface area (Å²) in [5.74, 6) is 0.198. The van der Waals surface area contributed by atoms with Crippen molar-refractivity contribution in [2.75, 3.05) is 23.3 Å². The number of anilines is 2. The lowest BCUT2D eigenvalue weighted by Crippen LogP contribution is -2.30. The number of hydrogen-bond donors (Lipinski definition) is 1. The van der Waals surface area contributed by atoms with E-state index in [2.05, 4.69) is 5.32 Å². The quantitative estimate of drug-likeness (QED) is 0.312. The normalized spacial score (nSPS) is 11.4. The molecule has 176 valence electrons. The number of aryl methyl sites for hydroxylation is 1. The number of thiophene rings is 1. The van der Waals surface area contributed by atoms with Crippen molar-refractivity contribution in [2.24, 2.45) is 0 Å². The number of fused-ring (bicyclic) bond motifs is 1. The second-order valence-corrected chi connectivity index (χ2v) is 11.0. The molecule has 1 heterocycles. The Morgan fingerprint density at radius 3 is 2.47 bits per heavy atom. The first-order valence-electron chi connectivity index (χ1n) is 10.5. The van der Waals surface area contributed by atoms with Crippen LogP contribution >= 0.6 is 22.9 Å². The van der Waals surface area contributed by atoms with Crippen molar-refractivity contribution in [1.29, 1.82) is 0 Å². The van der Waals surface area contributed by atoms with E-state index in [0.717, 1.165) is 15.6 Å². The Morgan fingerprint density at radius 2 is 1.79 bits per heavy atom. The topological polar surface area (TPSA) is 75.7 Å². The zero-order chi connectivity index (χ0) is 24.5. The lowest BCUT2D eigenvalue weighted by molar-refractivity contribution is 0.103. The lowest BCUT2D eigenvalue weighted by atomic mass is 10.2. The molecule has 0 bridgehead atoms. The van der Waals surface area contributed by atoms with Gasteiger partial charge in [0.2, 0.25) is 0 Å². The first-order chi connectivity index (χ1) is 16.2. The summed E-state index contributed by atoms with van der Waals surface area (Å²) in [5, 5.41) is 4.09. The fourth-order valence-corrected chi connectivity index (χ4v) is 6.16. The Bertz CT molecular complexity index is 1460. The third-order valence-electron chi connectivity index (χ3n) is 5.32. The van der Waals surface area contributed by atoms with Crippen LogP contribution in [0.2, 0.25) is 5.02 Å². The molecule has 1 N–H and O–H groups in total. The number of hydrogen-bond acceptors (Lipinski definition) is 5. The van der Waals surface area contributed by atoms with Crippen LogP contribution in [0.3, 0.4) is 0 Å². The van der Waals surface area contributed by atoms with Gasteiger partial charge in [-0.1, -0.05) is 29.3 Å². The number of ether oxygens (including phenoxy) is 1. The summed E-state index contributed by atoms with van der Waals surface area (Å²) >= 11 is 7.38. The van der Waals surface area contributed by atoms with E-state index < -0.39 is 10.0 Å². The van der Waals surface area contributed by atoms with Gasteiger partial charge in [0.25, 0.3) is 15.9 Å². The number of benzene rings is 3. The molecule has 0 unspecified atom stereocenters. The highest BCUT2D eigenvalue weighted by atomic mass is 35.5. The number of nitrogens with zero attached hydrogens (tertiary/aromatic N) is 1. The number of sulfonamides is 1. The number of carbonyl (C=O) groups is 1. The molecule has 4 aromatic rings. The SMILES string of the molecule is CCN(c1ccc2sc(C(=O)Nc3cc(Cl)ccc3OC)cc2c1)S(=O)(=O)c1ccc(C)cc1. The lowest BCUT2D eigenvalue weighted by Gasteiger charge is -2.23. The highest BCUT2D eigenvalue weighted by molar-refractivity contribution is 7.92. The minimum Gasteiger partial charge on any atom is -0.495 e. The monoisotopic (exact) mass is 514 g/mol. The number of methoxy groups -OCH3 is 1. The smallest absolute Gasteiger partial charge is 0.265 e. The van der Waals surface area contributed by atoms with Crippen LogP contribution in [0.25, 0.3) is 10.1 Å². The number of rotatable bonds is 7. The van der Waals surface area contributed by atoms with E-state index in [1.165, 1.54) is 22.8 Å². The molecule has 0 aliphatic heterocycles. The van der Waals surface area contributed by atoms with Gasteiger partial charge in [-0.05, 0) is 73.8 Å². The predicted octanol–water partition coefficient (Wildman–Crippen LogP) is 6.34. The van der Waals surface area contributed by atoms with Crippen LogP contribution in [0.1, 0.15) is 22.2 Å². The van der Waals surface area contributed by atoms with E-state index in [-0.39, 0.29) is 17.3 Å². The summed E-state index contributed by atoms with van der Waals surface area (Å²) in [4.78, 5) is 13.6. The molecular weight excluding hydrogens is 492 g/mol. The number of amides is 1. The number of carbonyl (C=O) groups excluding carboxylic acids is 1.